The molecule has 7 nitrogen and oxygen atoms in total. The normalized spacial score (nSPS) is 15.5. The molecule has 1 aliphatic heterocycles. The number of furan rings is 1. The Bertz CT molecular complexity index is 1080. The minimum absolute atomic E-state index is 0.202. The Labute approximate surface area is 179 Å². The third-order valence-electron chi connectivity index (χ3n) is 4.89. The van der Waals surface area contributed by atoms with E-state index in [4.69, 9.17) is 13.9 Å². The first-order valence-electron chi connectivity index (χ1n) is 10.0. The lowest BCUT2D eigenvalue weighted by Gasteiger charge is -2.23. The zero-order valence-electron chi connectivity index (χ0n) is 17.1. The molecule has 1 amide bonds. The Balaban J connectivity index is 1.66. The molecule has 0 aliphatic carbocycles. The summed E-state index contributed by atoms with van der Waals surface area (Å²) in [5.41, 5.74) is 2.47. The smallest absolute Gasteiger partial charge is 0.344 e. The van der Waals surface area contributed by atoms with Gasteiger partial charge in [-0.2, -0.15) is 5.10 Å². The third-order valence-corrected chi connectivity index (χ3v) is 4.89. The van der Waals surface area contributed by atoms with E-state index in [0.29, 0.717) is 12.2 Å². The average molecular weight is 418 g/mol. The quantitative estimate of drug-likeness (QED) is 0.537. The highest BCUT2D eigenvalue weighted by Gasteiger charge is 2.36. The summed E-state index contributed by atoms with van der Waals surface area (Å²) < 4.78 is 16.0. The molecule has 0 spiro atoms. The van der Waals surface area contributed by atoms with Crippen molar-refractivity contribution >= 4 is 17.6 Å². The monoisotopic (exact) mass is 418 g/mol. The standard InChI is InChI=1S/C24H22N2O5/c1-2-29-23(27)16-31-21-12-7-6-11-18(21)20-15-19(17-9-4-3-5-10-17)25-26(20)24(28)22-13-8-14-30-22/h3-14,20H,2,15-16H2,1H3/t20-/m1/s1. The molecule has 2 heterocycles. The maximum Gasteiger partial charge on any atom is 0.344 e. The van der Waals surface area contributed by atoms with Crippen molar-refractivity contribution in [2.45, 2.75) is 19.4 Å². The molecule has 0 saturated carbocycles. The second-order valence-electron chi connectivity index (χ2n) is 6.89. The fraction of sp³-hybridized carbons (Fsp3) is 0.208. The zero-order valence-corrected chi connectivity index (χ0v) is 17.1. The van der Waals surface area contributed by atoms with E-state index >= 15 is 0 Å². The molecule has 0 bridgehead atoms. The Kier molecular flexibility index (Phi) is 6.12. The van der Waals surface area contributed by atoms with Gasteiger partial charge in [0.1, 0.15) is 5.75 Å². The number of nitrogens with zero attached hydrogens (tertiary/aromatic N) is 2. The molecule has 31 heavy (non-hydrogen) atoms. The highest BCUT2D eigenvalue weighted by molar-refractivity contribution is 6.04. The van der Waals surface area contributed by atoms with E-state index in [1.165, 1.54) is 11.3 Å². The maximum absolute atomic E-state index is 13.1. The molecule has 1 aromatic heterocycles. The number of para-hydroxylation sites is 1. The molecule has 0 fully saturated rings. The molecular formula is C24H22N2O5. The average Bonchev–Trinajstić information content (AvgIpc) is 3.49. The molecule has 4 rings (SSSR count). The topological polar surface area (TPSA) is 81.3 Å². The summed E-state index contributed by atoms with van der Waals surface area (Å²) in [5, 5.41) is 6.06. The van der Waals surface area contributed by atoms with Crippen LogP contribution in [0.4, 0.5) is 0 Å². The summed E-state index contributed by atoms with van der Waals surface area (Å²) in [5.74, 6) is -0.0927. The lowest BCUT2D eigenvalue weighted by Crippen LogP contribution is -2.27. The van der Waals surface area contributed by atoms with Crippen molar-refractivity contribution in [3.63, 3.8) is 0 Å². The predicted octanol–water partition coefficient (Wildman–Crippen LogP) is 4.21. The third kappa shape index (κ3) is 4.50. The van der Waals surface area contributed by atoms with Gasteiger partial charge in [0.15, 0.2) is 12.4 Å². The van der Waals surface area contributed by atoms with Crippen molar-refractivity contribution in [1.29, 1.82) is 0 Å². The van der Waals surface area contributed by atoms with Crippen molar-refractivity contribution < 1.29 is 23.5 Å². The highest BCUT2D eigenvalue weighted by atomic mass is 16.6. The second-order valence-corrected chi connectivity index (χ2v) is 6.89. The summed E-state index contributed by atoms with van der Waals surface area (Å²) in [4.78, 5) is 24.9. The van der Waals surface area contributed by atoms with Crippen LogP contribution in [-0.2, 0) is 9.53 Å². The Morgan fingerprint density at radius 3 is 2.58 bits per heavy atom. The first-order valence-corrected chi connectivity index (χ1v) is 10.0. The van der Waals surface area contributed by atoms with Crippen LogP contribution in [0.15, 0.2) is 82.5 Å². The van der Waals surface area contributed by atoms with Crippen LogP contribution in [0.2, 0.25) is 0 Å². The van der Waals surface area contributed by atoms with Crippen LogP contribution in [0.25, 0.3) is 0 Å². The minimum atomic E-state index is -0.450. The zero-order chi connectivity index (χ0) is 21.6. The van der Waals surface area contributed by atoms with E-state index in [-0.39, 0.29) is 24.9 Å². The van der Waals surface area contributed by atoms with E-state index in [0.717, 1.165) is 16.8 Å². The van der Waals surface area contributed by atoms with Crippen LogP contribution in [0.5, 0.6) is 5.75 Å². The summed E-state index contributed by atoms with van der Waals surface area (Å²) >= 11 is 0. The summed E-state index contributed by atoms with van der Waals surface area (Å²) in [6.07, 6.45) is 1.95. The highest BCUT2D eigenvalue weighted by Crippen LogP contribution is 2.38. The molecule has 7 heteroatoms. The molecule has 158 valence electrons. The van der Waals surface area contributed by atoms with Crippen molar-refractivity contribution in [2.24, 2.45) is 5.10 Å². The number of carbonyl (C=O) groups is 2. The van der Waals surface area contributed by atoms with Crippen LogP contribution in [0.1, 0.15) is 41.1 Å². The van der Waals surface area contributed by atoms with Crippen LogP contribution < -0.4 is 4.74 Å². The number of benzene rings is 2. The van der Waals surface area contributed by atoms with Crippen molar-refractivity contribution in [2.75, 3.05) is 13.2 Å². The van der Waals surface area contributed by atoms with Gasteiger partial charge >= 0.3 is 11.9 Å². The Morgan fingerprint density at radius 2 is 1.84 bits per heavy atom. The van der Waals surface area contributed by atoms with Gasteiger partial charge in [0.2, 0.25) is 0 Å². The van der Waals surface area contributed by atoms with E-state index in [1.807, 2.05) is 48.5 Å². The SMILES string of the molecule is CCOC(=O)COc1ccccc1[C@H]1CC(c2ccccc2)=NN1C(=O)c1ccco1. The predicted molar refractivity (Wildman–Crippen MR) is 114 cm³/mol. The number of hydrogen-bond acceptors (Lipinski definition) is 6. The van der Waals surface area contributed by atoms with E-state index in [2.05, 4.69) is 5.10 Å². The summed E-state index contributed by atoms with van der Waals surface area (Å²) in [7, 11) is 0. The number of amides is 1. The molecule has 3 aromatic rings. The number of esters is 1. The Morgan fingerprint density at radius 1 is 1.06 bits per heavy atom. The van der Waals surface area contributed by atoms with Gasteiger partial charge in [0.25, 0.3) is 0 Å². The maximum atomic E-state index is 13.1. The fourth-order valence-corrected chi connectivity index (χ4v) is 3.48. The number of rotatable bonds is 7. The van der Waals surface area contributed by atoms with E-state index < -0.39 is 12.0 Å². The molecule has 0 unspecified atom stereocenters. The molecule has 0 N–H and O–H groups in total. The van der Waals surface area contributed by atoms with Gasteiger partial charge in [-0.1, -0.05) is 48.5 Å². The molecule has 0 saturated heterocycles. The lowest BCUT2D eigenvalue weighted by molar-refractivity contribution is -0.145. The van der Waals surface area contributed by atoms with Crippen molar-refractivity contribution in [1.82, 2.24) is 5.01 Å². The summed E-state index contributed by atoms with van der Waals surface area (Å²) in [6.45, 7) is 1.81. The van der Waals surface area contributed by atoms with E-state index in [1.54, 1.807) is 25.1 Å². The number of hydrazone groups is 1. The molecule has 2 aromatic carbocycles. The largest absolute Gasteiger partial charge is 0.482 e. The fourth-order valence-electron chi connectivity index (χ4n) is 3.48. The van der Waals surface area contributed by atoms with Gasteiger partial charge in [-0.15, -0.1) is 0 Å². The first kappa shape index (κ1) is 20.4. The van der Waals surface area contributed by atoms with Crippen molar-refractivity contribution in [3.05, 3.63) is 89.9 Å². The Hall–Kier alpha value is -3.87. The van der Waals surface area contributed by atoms with Crippen LogP contribution in [0, 0.1) is 0 Å². The van der Waals surface area contributed by atoms with Gasteiger partial charge < -0.3 is 13.9 Å². The van der Waals surface area contributed by atoms with Crippen LogP contribution >= 0.6 is 0 Å². The number of carbonyl (C=O) groups excluding carboxylic acids is 2. The van der Waals surface area contributed by atoms with Crippen LogP contribution in [0.3, 0.4) is 0 Å². The van der Waals surface area contributed by atoms with Gasteiger partial charge in [0, 0.05) is 12.0 Å². The van der Waals surface area contributed by atoms with E-state index in [9.17, 15) is 9.59 Å². The minimum Gasteiger partial charge on any atom is -0.482 e. The number of ether oxygens (including phenoxy) is 2. The number of hydrogen-bond donors (Lipinski definition) is 0. The van der Waals surface area contributed by atoms with Crippen LogP contribution in [-0.4, -0.2) is 35.8 Å². The van der Waals surface area contributed by atoms with Gasteiger partial charge in [0.05, 0.1) is 24.6 Å². The lowest BCUT2D eigenvalue weighted by atomic mass is 9.97. The first-order chi connectivity index (χ1) is 15.2. The molecule has 1 atom stereocenters. The molecule has 0 radical (unpaired) electrons. The molecular weight excluding hydrogens is 396 g/mol. The van der Waals surface area contributed by atoms with Gasteiger partial charge in [-0.25, -0.2) is 9.80 Å². The van der Waals surface area contributed by atoms with Crippen molar-refractivity contribution in [3.8, 4) is 5.75 Å². The summed E-state index contributed by atoms with van der Waals surface area (Å²) in [6, 6.07) is 19.9. The molecule has 1 aliphatic rings. The van der Waals surface area contributed by atoms with Gasteiger partial charge in [-0.3, -0.25) is 4.79 Å². The van der Waals surface area contributed by atoms with Gasteiger partial charge in [-0.05, 0) is 30.7 Å². The second kappa shape index (κ2) is 9.30.